The van der Waals surface area contributed by atoms with Crippen LogP contribution in [0.3, 0.4) is 0 Å². The van der Waals surface area contributed by atoms with Crippen molar-refractivity contribution in [3.8, 4) is 5.75 Å². The molecule has 0 saturated heterocycles. The van der Waals surface area contributed by atoms with Crippen molar-refractivity contribution in [3.63, 3.8) is 0 Å². The first kappa shape index (κ1) is 17.3. The van der Waals surface area contributed by atoms with Gasteiger partial charge in [-0.25, -0.2) is 0 Å². The Kier molecular flexibility index (Phi) is 5.99. The minimum absolute atomic E-state index is 0. The lowest BCUT2D eigenvalue weighted by Gasteiger charge is -2.14. The Morgan fingerprint density at radius 2 is 2.05 bits per heavy atom. The molecule has 6 nitrogen and oxygen atoms in total. The molecule has 0 aromatic heterocycles. The zero-order valence-corrected chi connectivity index (χ0v) is 12.8. The van der Waals surface area contributed by atoms with Crippen LogP contribution in [-0.2, 0) is 4.79 Å². The van der Waals surface area contributed by atoms with Gasteiger partial charge in [-0.1, -0.05) is 0 Å². The second kappa shape index (κ2) is 7.28. The molecule has 0 spiro atoms. The molecule has 2 amide bonds. The molecule has 21 heavy (non-hydrogen) atoms. The summed E-state index contributed by atoms with van der Waals surface area (Å²) in [6, 6.07) is 4.53. The summed E-state index contributed by atoms with van der Waals surface area (Å²) < 4.78 is 5.12. The molecule has 4 N–H and O–H groups in total. The van der Waals surface area contributed by atoms with E-state index in [2.05, 4.69) is 10.6 Å². The van der Waals surface area contributed by atoms with Gasteiger partial charge in [0.2, 0.25) is 5.91 Å². The minimum atomic E-state index is -0.642. The molecule has 0 radical (unpaired) electrons. The largest absolute Gasteiger partial charge is 0.497 e. The highest BCUT2D eigenvalue weighted by molar-refractivity contribution is 6.05. The molecule has 0 heterocycles. The lowest BCUT2D eigenvalue weighted by Crippen LogP contribution is -2.34. The third-order valence-corrected chi connectivity index (χ3v) is 3.06. The van der Waals surface area contributed by atoms with Gasteiger partial charge in [0.15, 0.2) is 0 Å². The van der Waals surface area contributed by atoms with Gasteiger partial charge in [0.1, 0.15) is 5.75 Å². The smallest absolute Gasteiger partial charge is 0.253 e. The number of methoxy groups -OCH3 is 1. The number of nitrogens with two attached hydrogens (primary N) is 1. The van der Waals surface area contributed by atoms with Crippen molar-refractivity contribution in [1.82, 2.24) is 5.32 Å². The Labute approximate surface area is 129 Å². The van der Waals surface area contributed by atoms with E-state index in [-0.39, 0.29) is 30.3 Å². The van der Waals surface area contributed by atoms with E-state index in [1.165, 1.54) is 7.11 Å². The number of anilines is 1. The van der Waals surface area contributed by atoms with E-state index >= 15 is 0 Å². The first-order valence-electron chi connectivity index (χ1n) is 6.56. The molecule has 1 aromatic rings. The molecule has 1 fully saturated rings. The van der Waals surface area contributed by atoms with Crippen LogP contribution in [0.4, 0.5) is 5.69 Å². The van der Waals surface area contributed by atoms with E-state index in [1.807, 2.05) is 0 Å². The van der Waals surface area contributed by atoms with Gasteiger partial charge < -0.3 is 21.1 Å². The summed E-state index contributed by atoms with van der Waals surface area (Å²) in [6.45, 7) is 1.59. The number of hydrogen-bond donors (Lipinski definition) is 3. The van der Waals surface area contributed by atoms with Gasteiger partial charge in [-0.15, -0.1) is 12.4 Å². The topological polar surface area (TPSA) is 93.4 Å². The van der Waals surface area contributed by atoms with Crippen LogP contribution in [0.1, 0.15) is 30.1 Å². The van der Waals surface area contributed by atoms with E-state index in [9.17, 15) is 9.59 Å². The molecular formula is C14H20ClN3O3. The van der Waals surface area contributed by atoms with Crippen LogP contribution in [0.5, 0.6) is 5.75 Å². The normalized spacial score (nSPS) is 14.6. The lowest BCUT2D eigenvalue weighted by molar-refractivity contribution is -0.117. The third-order valence-electron chi connectivity index (χ3n) is 3.06. The first-order chi connectivity index (χ1) is 9.51. The zero-order chi connectivity index (χ0) is 14.7. The van der Waals surface area contributed by atoms with Crippen molar-refractivity contribution in [2.45, 2.75) is 31.8 Å². The third kappa shape index (κ3) is 4.61. The molecule has 1 aliphatic carbocycles. The van der Waals surface area contributed by atoms with Gasteiger partial charge in [0, 0.05) is 6.04 Å². The molecule has 2 rings (SSSR count). The molecule has 0 aliphatic heterocycles. The monoisotopic (exact) mass is 313 g/mol. The van der Waals surface area contributed by atoms with E-state index < -0.39 is 6.04 Å². The van der Waals surface area contributed by atoms with Gasteiger partial charge in [0.25, 0.3) is 5.91 Å². The summed E-state index contributed by atoms with van der Waals surface area (Å²) in [6.07, 6.45) is 1.99. The summed E-state index contributed by atoms with van der Waals surface area (Å²) in [4.78, 5) is 23.9. The van der Waals surface area contributed by atoms with Crippen molar-refractivity contribution in [2.75, 3.05) is 12.4 Å². The molecule has 1 saturated carbocycles. The van der Waals surface area contributed by atoms with Crippen LogP contribution in [0.15, 0.2) is 18.2 Å². The van der Waals surface area contributed by atoms with Crippen LogP contribution in [-0.4, -0.2) is 31.0 Å². The quantitative estimate of drug-likeness (QED) is 0.763. The number of rotatable bonds is 5. The summed E-state index contributed by atoms with van der Waals surface area (Å²) in [5.41, 5.74) is 6.34. The second-order valence-corrected chi connectivity index (χ2v) is 4.94. The maximum atomic E-state index is 12.2. The van der Waals surface area contributed by atoms with Crippen molar-refractivity contribution in [3.05, 3.63) is 23.8 Å². The van der Waals surface area contributed by atoms with Crippen molar-refractivity contribution >= 4 is 29.9 Å². The molecule has 0 bridgehead atoms. The molecule has 116 valence electrons. The fourth-order valence-electron chi connectivity index (χ4n) is 1.68. The van der Waals surface area contributed by atoms with E-state index in [0.29, 0.717) is 17.0 Å². The van der Waals surface area contributed by atoms with E-state index in [0.717, 1.165) is 12.8 Å². The predicted octanol–water partition coefficient (Wildman–Crippen LogP) is 1.29. The highest BCUT2D eigenvalue weighted by atomic mass is 35.5. The van der Waals surface area contributed by atoms with Gasteiger partial charge in [-0.2, -0.15) is 0 Å². The molecule has 1 aliphatic rings. The average molecular weight is 314 g/mol. The number of amides is 2. The average Bonchev–Trinajstić information content (AvgIpc) is 3.22. The predicted molar refractivity (Wildman–Crippen MR) is 83.0 cm³/mol. The number of carbonyl (C=O) groups is 2. The fraction of sp³-hybridized carbons (Fsp3) is 0.429. The number of ether oxygens (including phenoxy) is 1. The summed E-state index contributed by atoms with van der Waals surface area (Å²) >= 11 is 0. The van der Waals surface area contributed by atoms with Gasteiger partial charge in [-0.05, 0) is 38.0 Å². The number of nitrogens with one attached hydrogen (secondary N) is 2. The molecule has 0 unspecified atom stereocenters. The van der Waals surface area contributed by atoms with Crippen LogP contribution < -0.4 is 21.1 Å². The standard InChI is InChI=1S/C14H19N3O3.ClH/c1-8(15)13(18)17-12-6-5-10(20-2)7-11(12)14(19)16-9-3-4-9;/h5-9H,3-4,15H2,1-2H3,(H,16,19)(H,17,18);1H/t8-;/m0./s1. The van der Waals surface area contributed by atoms with E-state index in [1.54, 1.807) is 25.1 Å². The van der Waals surface area contributed by atoms with Crippen LogP contribution in [0, 0.1) is 0 Å². The fourth-order valence-corrected chi connectivity index (χ4v) is 1.68. The number of hydrogen-bond acceptors (Lipinski definition) is 4. The Morgan fingerprint density at radius 3 is 2.57 bits per heavy atom. The molecule has 1 atom stereocenters. The highest BCUT2D eigenvalue weighted by Gasteiger charge is 2.25. The highest BCUT2D eigenvalue weighted by Crippen LogP contribution is 2.25. The Hall–Kier alpha value is -1.79. The van der Waals surface area contributed by atoms with Crippen LogP contribution >= 0.6 is 12.4 Å². The number of halogens is 1. The molecule has 7 heteroatoms. The Balaban J connectivity index is 0.00000220. The molecular weight excluding hydrogens is 294 g/mol. The van der Waals surface area contributed by atoms with Gasteiger partial charge in [0.05, 0.1) is 24.4 Å². The minimum Gasteiger partial charge on any atom is -0.497 e. The summed E-state index contributed by atoms with van der Waals surface area (Å²) in [7, 11) is 1.53. The van der Waals surface area contributed by atoms with Crippen molar-refractivity contribution < 1.29 is 14.3 Å². The Morgan fingerprint density at radius 1 is 1.38 bits per heavy atom. The van der Waals surface area contributed by atoms with Gasteiger partial charge in [-0.3, -0.25) is 9.59 Å². The SMILES string of the molecule is COc1ccc(NC(=O)[C@H](C)N)c(C(=O)NC2CC2)c1.Cl. The van der Waals surface area contributed by atoms with Crippen LogP contribution in [0.25, 0.3) is 0 Å². The zero-order valence-electron chi connectivity index (χ0n) is 12.0. The first-order valence-corrected chi connectivity index (χ1v) is 6.56. The Bertz CT molecular complexity index is 530. The van der Waals surface area contributed by atoms with Crippen LogP contribution in [0.2, 0.25) is 0 Å². The summed E-state index contributed by atoms with van der Waals surface area (Å²) in [5, 5.41) is 5.54. The van der Waals surface area contributed by atoms with Crippen molar-refractivity contribution in [1.29, 1.82) is 0 Å². The maximum absolute atomic E-state index is 12.2. The maximum Gasteiger partial charge on any atom is 0.253 e. The summed E-state index contributed by atoms with van der Waals surface area (Å²) in [5.74, 6) is 0.00626. The van der Waals surface area contributed by atoms with Gasteiger partial charge >= 0.3 is 0 Å². The van der Waals surface area contributed by atoms with Crippen molar-refractivity contribution in [2.24, 2.45) is 5.73 Å². The van der Waals surface area contributed by atoms with E-state index in [4.69, 9.17) is 10.5 Å². The lowest BCUT2D eigenvalue weighted by atomic mass is 10.1. The molecule has 1 aromatic carbocycles. The number of benzene rings is 1. The second-order valence-electron chi connectivity index (χ2n) is 4.94. The number of carbonyl (C=O) groups excluding carboxylic acids is 2.